The molecule has 0 N–H and O–H groups in total. The summed E-state index contributed by atoms with van der Waals surface area (Å²) in [5.74, 6) is -0.239. The van der Waals surface area contributed by atoms with Gasteiger partial charge in [0, 0.05) is 36.9 Å². The van der Waals surface area contributed by atoms with Gasteiger partial charge in [-0.05, 0) is 31.2 Å². The molecule has 0 saturated heterocycles. The summed E-state index contributed by atoms with van der Waals surface area (Å²) >= 11 is 1.22. The second-order valence-electron chi connectivity index (χ2n) is 4.19. The molecule has 0 bridgehead atoms. The number of hydrogen-bond acceptors (Lipinski definition) is 3. The van der Waals surface area contributed by atoms with Crippen molar-refractivity contribution in [2.24, 2.45) is 0 Å². The maximum atomic E-state index is 12.8. The van der Waals surface area contributed by atoms with Crippen LogP contribution in [-0.4, -0.2) is 18.2 Å². The number of benzene rings is 1. The van der Waals surface area contributed by atoms with Crippen molar-refractivity contribution in [2.75, 3.05) is 18.5 Å². The molecule has 1 aromatic carbocycles. The highest BCUT2D eigenvalue weighted by Crippen LogP contribution is 2.13. The summed E-state index contributed by atoms with van der Waals surface area (Å²) in [6.07, 6.45) is 0. The number of nitrogens with zero attached hydrogens (tertiary/aromatic N) is 2. The zero-order valence-corrected chi connectivity index (χ0v) is 11.2. The van der Waals surface area contributed by atoms with Gasteiger partial charge in [-0.15, -0.1) is 0 Å². The molecule has 5 heteroatoms. The summed E-state index contributed by atoms with van der Waals surface area (Å²) in [7, 11) is 1.93. The van der Waals surface area contributed by atoms with Crippen LogP contribution in [0.2, 0.25) is 0 Å². The van der Waals surface area contributed by atoms with E-state index < -0.39 is 0 Å². The van der Waals surface area contributed by atoms with Crippen LogP contribution in [0.1, 0.15) is 5.69 Å². The lowest BCUT2D eigenvalue weighted by Crippen LogP contribution is -2.26. The van der Waals surface area contributed by atoms with E-state index in [9.17, 15) is 9.18 Å². The van der Waals surface area contributed by atoms with Crippen LogP contribution in [0.5, 0.6) is 0 Å². The fraction of sp³-hybridized carbons (Fsp3) is 0.308. The molecule has 0 aliphatic heterocycles. The van der Waals surface area contributed by atoms with Crippen molar-refractivity contribution >= 4 is 17.0 Å². The number of anilines is 1. The van der Waals surface area contributed by atoms with Gasteiger partial charge in [-0.2, -0.15) is 0 Å². The van der Waals surface area contributed by atoms with Gasteiger partial charge in [0.05, 0.1) is 0 Å². The maximum absolute atomic E-state index is 12.8. The minimum absolute atomic E-state index is 0.0695. The second kappa shape index (κ2) is 5.35. The summed E-state index contributed by atoms with van der Waals surface area (Å²) in [6.45, 7) is 3.28. The van der Waals surface area contributed by atoms with Crippen molar-refractivity contribution < 1.29 is 4.39 Å². The molecule has 0 aliphatic carbocycles. The van der Waals surface area contributed by atoms with E-state index >= 15 is 0 Å². The van der Waals surface area contributed by atoms with Gasteiger partial charge in [0.1, 0.15) is 5.82 Å². The van der Waals surface area contributed by atoms with Crippen LogP contribution in [0.4, 0.5) is 10.1 Å². The number of thiazole rings is 1. The third-order valence-electron chi connectivity index (χ3n) is 2.90. The average Bonchev–Trinajstić information content (AvgIpc) is 2.67. The van der Waals surface area contributed by atoms with Crippen LogP contribution in [0.15, 0.2) is 34.4 Å². The fourth-order valence-electron chi connectivity index (χ4n) is 1.75. The molecule has 0 saturated carbocycles. The Bertz CT molecular complexity index is 573. The molecule has 0 fully saturated rings. The maximum Gasteiger partial charge on any atom is 0.307 e. The Morgan fingerprint density at radius 2 is 2.00 bits per heavy atom. The van der Waals surface area contributed by atoms with Crippen molar-refractivity contribution in [2.45, 2.75) is 13.5 Å². The lowest BCUT2D eigenvalue weighted by Gasteiger charge is -2.19. The molecule has 0 radical (unpaired) electrons. The Labute approximate surface area is 109 Å². The highest BCUT2D eigenvalue weighted by atomic mass is 32.1. The first-order chi connectivity index (χ1) is 8.58. The monoisotopic (exact) mass is 266 g/mol. The van der Waals surface area contributed by atoms with Crippen molar-refractivity contribution in [3.63, 3.8) is 0 Å². The molecule has 2 rings (SSSR count). The van der Waals surface area contributed by atoms with Gasteiger partial charge in [-0.1, -0.05) is 11.3 Å². The summed E-state index contributed by atoms with van der Waals surface area (Å²) in [4.78, 5) is 13.6. The number of aryl methyl sites for hydroxylation is 1. The van der Waals surface area contributed by atoms with E-state index in [1.54, 1.807) is 16.7 Å². The molecule has 18 heavy (non-hydrogen) atoms. The van der Waals surface area contributed by atoms with E-state index in [1.807, 2.05) is 24.3 Å². The third-order valence-corrected chi connectivity index (χ3v) is 3.78. The molecule has 0 amide bonds. The molecule has 0 unspecified atom stereocenters. The normalized spacial score (nSPS) is 10.6. The lowest BCUT2D eigenvalue weighted by molar-refractivity contribution is 0.626. The Kier molecular flexibility index (Phi) is 3.81. The van der Waals surface area contributed by atoms with E-state index in [2.05, 4.69) is 0 Å². The van der Waals surface area contributed by atoms with Crippen LogP contribution in [0, 0.1) is 12.7 Å². The minimum Gasteiger partial charge on any atom is -0.373 e. The summed E-state index contributed by atoms with van der Waals surface area (Å²) < 4.78 is 14.6. The number of hydrogen-bond donors (Lipinski definition) is 0. The van der Waals surface area contributed by atoms with E-state index in [4.69, 9.17) is 0 Å². The van der Waals surface area contributed by atoms with Gasteiger partial charge < -0.3 is 9.47 Å². The third kappa shape index (κ3) is 2.79. The molecule has 3 nitrogen and oxygen atoms in total. The predicted molar refractivity (Wildman–Crippen MR) is 73.0 cm³/mol. The summed E-state index contributed by atoms with van der Waals surface area (Å²) in [5, 5.41) is 1.86. The van der Waals surface area contributed by atoms with Crippen LogP contribution < -0.4 is 9.77 Å². The molecule has 96 valence electrons. The molecular formula is C13H15FN2OS. The van der Waals surface area contributed by atoms with E-state index in [0.29, 0.717) is 13.1 Å². The molecule has 2 aromatic rings. The largest absolute Gasteiger partial charge is 0.373 e. The van der Waals surface area contributed by atoms with E-state index in [0.717, 1.165) is 11.4 Å². The number of rotatable bonds is 4. The number of aromatic nitrogens is 1. The van der Waals surface area contributed by atoms with Gasteiger partial charge in [-0.3, -0.25) is 4.79 Å². The summed E-state index contributed by atoms with van der Waals surface area (Å²) in [5.41, 5.74) is 1.93. The molecule has 0 atom stereocenters. The first-order valence-electron chi connectivity index (χ1n) is 5.69. The van der Waals surface area contributed by atoms with Crippen LogP contribution >= 0.6 is 11.3 Å². The van der Waals surface area contributed by atoms with Crippen LogP contribution in [0.25, 0.3) is 0 Å². The highest BCUT2D eigenvalue weighted by molar-refractivity contribution is 7.07. The number of likely N-dealkylation sites (N-methyl/N-ethyl adjacent to an activating group) is 1. The quantitative estimate of drug-likeness (QED) is 0.849. The standard InChI is InChI=1S/C13H15FN2OS/c1-10-9-18-13(17)16(10)8-7-15(2)12-5-3-11(14)4-6-12/h3-6,9H,7-8H2,1-2H3. The Balaban J connectivity index is 2.02. The van der Waals surface area contributed by atoms with Gasteiger partial charge >= 0.3 is 4.87 Å². The van der Waals surface area contributed by atoms with Gasteiger partial charge in [0.25, 0.3) is 0 Å². The van der Waals surface area contributed by atoms with Gasteiger partial charge in [0.2, 0.25) is 0 Å². The molecule has 1 aromatic heterocycles. The van der Waals surface area contributed by atoms with Crippen molar-refractivity contribution in [3.8, 4) is 0 Å². The summed E-state index contributed by atoms with van der Waals surface area (Å²) in [6, 6.07) is 6.35. The topological polar surface area (TPSA) is 25.2 Å². The fourth-order valence-corrected chi connectivity index (χ4v) is 2.51. The van der Waals surface area contributed by atoms with Crippen LogP contribution in [0.3, 0.4) is 0 Å². The van der Waals surface area contributed by atoms with Crippen molar-refractivity contribution in [1.29, 1.82) is 0 Å². The lowest BCUT2D eigenvalue weighted by atomic mass is 10.3. The Morgan fingerprint density at radius 3 is 2.56 bits per heavy atom. The van der Waals surface area contributed by atoms with E-state index in [1.165, 1.54) is 23.5 Å². The first kappa shape index (κ1) is 12.8. The average molecular weight is 266 g/mol. The molecule has 0 spiro atoms. The van der Waals surface area contributed by atoms with Crippen molar-refractivity contribution in [1.82, 2.24) is 4.57 Å². The second-order valence-corrected chi connectivity index (χ2v) is 5.01. The minimum atomic E-state index is -0.239. The van der Waals surface area contributed by atoms with Crippen molar-refractivity contribution in [3.05, 3.63) is 50.8 Å². The van der Waals surface area contributed by atoms with E-state index in [-0.39, 0.29) is 10.7 Å². The number of halogens is 1. The van der Waals surface area contributed by atoms with Crippen LogP contribution in [-0.2, 0) is 6.54 Å². The molecular weight excluding hydrogens is 251 g/mol. The Hall–Kier alpha value is -1.62. The smallest absolute Gasteiger partial charge is 0.307 e. The zero-order valence-electron chi connectivity index (χ0n) is 10.4. The molecule has 0 aliphatic rings. The highest BCUT2D eigenvalue weighted by Gasteiger charge is 2.05. The zero-order chi connectivity index (χ0) is 13.1. The van der Waals surface area contributed by atoms with Gasteiger partial charge in [0.15, 0.2) is 0 Å². The SMILES string of the molecule is Cc1csc(=O)n1CCN(C)c1ccc(F)cc1. The Morgan fingerprint density at radius 1 is 1.33 bits per heavy atom. The van der Waals surface area contributed by atoms with Gasteiger partial charge in [-0.25, -0.2) is 4.39 Å². The first-order valence-corrected chi connectivity index (χ1v) is 6.57. The predicted octanol–water partition coefficient (Wildman–Crippen LogP) is 2.49. The molecule has 1 heterocycles.